The molecule has 3 rings (SSSR count). The predicted molar refractivity (Wildman–Crippen MR) is 89.0 cm³/mol. The lowest BCUT2D eigenvalue weighted by molar-refractivity contribution is -0.131. The first-order valence-corrected chi connectivity index (χ1v) is 8.68. The van der Waals surface area contributed by atoms with Crippen LogP contribution in [0.1, 0.15) is 44.2 Å². The van der Waals surface area contributed by atoms with Crippen LogP contribution in [-0.4, -0.2) is 42.0 Å². The minimum atomic E-state index is 0.375. The summed E-state index contributed by atoms with van der Waals surface area (Å²) in [5, 5.41) is 0. The van der Waals surface area contributed by atoms with E-state index < -0.39 is 0 Å². The molecule has 0 N–H and O–H groups in total. The summed E-state index contributed by atoms with van der Waals surface area (Å²) in [7, 11) is 0. The number of amides is 1. The summed E-state index contributed by atoms with van der Waals surface area (Å²) in [5.41, 5.74) is 2.29. The molecule has 0 radical (unpaired) electrons. The van der Waals surface area contributed by atoms with Gasteiger partial charge in [-0.05, 0) is 44.2 Å². The van der Waals surface area contributed by atoms with E-state index in [9.17, 15) is 4.79 Å². The summed E-state index contributed by atoms with van der Waals surface area (Å²) in [6, 6.07) is 4.21. The Hall–Kier alpha value is -1.58. The quantitative estimate of drug-likeness (QED) is 0.861. The van der Waals surface area contributed by atoms with Crippen molar-refractivity contribution < 1.29 is 4.79 Å². The van der Waals surface area contributed by atoms with Gasteiger partial charge in [0.15, 0.2) is 0 Å². The summed E-state index contributed by atoms with van der Waals surface area (Å²) >= 11 is 0. The zero-order valence-electron chi connectivity index (χ0n) is 13.6. The number of hydrogen-bond donors (Lipinski definition) is 0. The van der Waals surface area contributed by atoms with Gasteiger partial charge in [-0.1, -0.05) is 12.8 Å². The van der Waals surface area contributed by atoms with Crippen molar-refractivity contribution in [2.45, 2.75) is 45.4 Å². The number of carbonyl (C=O) groups is 1. The van der Waals surface area contributed by atoms with Crippen molar-refractivity contribution in [2.24, 2.45) is 5.92 Å². The third-order valence-electron chi connectivity index (χ3n) is 5.03. The summed E-state index contributed by atoms with van der Waals surface area (Å²) in [5.74, 6) is 1.02. The van der Waals surface area contributed by atoms with Crippen LogP contribution in [0.15, 0.2) is 18.3 Å². The monoisotopic (exact) mass is 301 g/mol. The molecule has 0 bridgehead atoms. The summed E-state index contributed by atoms with van der Waals surface area (Å²) in [6.45, 7) is 5.74. The lowest BCUT2D eigenvalue weighted by atomic mass is 10.0. The van der Waals surface area contributed by atoms with Crippen LogP contribution in [0.2, 0.25) is 0 Å². The van der Waals surface area contributed by atoms with Crippen molar-refractivity contribution >= 4 is 11.6 Å². The fourth-order valence-electron chi connectivity index (χ4n) is 3.74. The maximum absolute atomic E-state index is 12.5. The van der Waals surface area contributed by atoms with Crippen molar-refractivity contribution in [3.05, 3.63) is 24.0 Å². The molecule has 1 saturated heterocycles. The molecule has 1 aromatic heterocycles. The molecule has 0 atom stereocenters. The van der Waals surface area contributed by atoms with Gasteiger partial charge in [0.05, 0.1) is 0 Å². The minimum absolute atomic E-state index is 0.375. The van der Waals surface area contributed by atoms with Crippen LogP contribution in [0.5, 0.6) is 0 Å². The van der Waals surface area contributed by atoms with Crippen LogP contribution in [-0.2, 0) is 4.79 Å². The number of aromatic nitrogens is 1. The van der Waals surface area contributed by atoms with Gasteiger partial charge in [0, 0.05) is 50.2 Å². The van der Waals surface area contributed by atoms with E-state index in [1.54, 1.807) is 0 Å². The minimum Gasteiger partial charge on any atom is -0.370 e. The molecule has 4 heteroatoms. The van der Waals surface area contributed by atoms with E-state index >= 15 is 0 Å². The number of pyridine rings is 1. The Labute approximate surface area is 133 Å². The van der Waals surface area contributed by atoms with Gasteiger partial charge < -0.3 is 9.80 Å². The highest BCUT2D eigenvalue weighted by molar-refractivity contribution is 5.76. The average molecular weight is 301 g/mol. The van der Waals surface area contributed by atoms with Crippen LogP contribution in [0.4, 0.5) is 5.69 Å². The average Bonchev–Trinajstić information content (AvgIpc) is 2.88. The maximum Gasteiger partial charge on any atom is 0.222 e. The van der Waals surface area contributed by atoms with Gasteiger partial charge in [-0.25, -0.2) is 0 Å². The highest BCUT2D eigenvalue weighted by Gasteiger charge is 2.24. The third kappa shape index (κ3) is 3.79. The first kappa shape index (κ1) is 15.3. The standard InChI is InChI=1S/C18H27N3O/c1-15-13-17(7-8-19-15)20-9-4-10-21(12-11-20)18(22)14-16-5-2-3-6-16/h7-8,13,16H,2-6,9-12,14H2,1H3. The molecule has 4 nitrogen and oxygen atoms in total. The zero-order chi connectivity index (χ0) is 15.4. The molecular weight excluding hydrogens is 274 g/mol. The normalized spacial score (nSPS) is 20.2. The Balaban J connectivity index is 1.56. The lowest BCUT2D eigenvalue weighted by Gasteiger charge is -2.24. The maximum atomic E-state index is 12.5. The van der Waals surface area contributed by atoms with Crippen LogP contribution in [0, 0.1) is 12.8 Å². The highest BCUT2D eigenvalue weighted by atomic mass is 16.2. The number of aryl methyl sites for hydroxylation is 1. The second-order valence-corrected chi connectivity index (χ2v) is 6.73. The molecule has 0 aromatic carbocycles. The smallest absolute Gasteiger partial charge is 0.222 e. The predicted octanol–water partition coefficient (Wildman–Crippen LogP) is 3.01. The van der Waals surface area contributed by atoms with Crippen molar-refractivity contribution in [3.8, 4) is 0 Å². The van der Waals surface area contributed by atoms with Gasteiger partial charge in [-0.15, -0.1) is 0 Å². The molecule has 2 aliphatic rings. The van der Waals surface area contributed by atoms with E-state index in [-0.39, 0.29) is 0 Å². The van der Waals surface area contributed by atoms with Gasteiger partial charge in [-0.2, -0.15) is 0 Å². The molecule has 1 aliphatic heterocycles. The lowest BCUT2D eigenvalue weighted by Crippen LogP contribution is -2.36. The summed E-state index contributed by atoms with van der Waals surface area (Å²) in [6.07, 6.45) is 8.83. The van der Waals surface area contributed by atoms with Crippen LogP contribution in [0.3, 0.4) is 0 Å². The molecule has 1 saturated carbocycles. The molecule has 120 valence electrons. The SMILES string of the molecule is Cc1cc(N2CCCN(C(=O)CC3CCCC3)CC2)ccn1. The highest BCUT2D eigenvalue weighted by Crippen LogP contribution is 2.28. The molecule has 1 amide bonds. The largest absolute Gasteiger partial charge is 0.370 e. The number of anilines is 1. The first-order chi connectivity index (χ1) is 10.7. The molecule has 1 aromatic rings. The molecule has 0 spiro atoms. The van der Waals surface area contributed by atoms with E-state index in [0.29, 0.717) is 11.8 Å². The van der Waals surface area contributed by atoms with Crippen LogP contribution in [0.25, 0.3) is 0 Å². The number of hydrogen-bond acceptors (Lipinski definition) is 3. The second kappa shape index (κ2) is 7.12. The van der Waals surface area contributed by atoms with Gasteiger partial charge in [-0.3, -0.25) is 9.78 Å². The molecular formula is C18H27N3O. The molecule has 0 unspecified atom stereocenters. The number of nitrogens with zero attached hydrogens (tertiary/aromatic N) is 3. The van der Waals surface area contributed by atoms with Crippen molar-refractivity contribution in [1.29, 1.82) is 0 Å². The first-order valence-electron chi connectivity index (χ1n) is 8.68. The molecule has 2 fully saturated rings. The Kier molecular flexibility index (Phi) is 4.96. The summed E-state index contributed by atoms with van der Waals surface area (Å²) in [4.78, 5) is 21.2. The Morgan fingerprint density at radius 1 is 1.18 bits per heavy atom. The van der Waals surface area contributed by atoms with E-state index in [4.69, 9.17) is 0 Å². The van der Waals surface area contributed by atoms with Crippen LogP contribution < -0.4 is 4.90 Å². The fourth-order valence-corrected chi connectivity index (χ4v) is 3.74. The van der Waals surface area contributed by atoms with E-state index in [0.717, 1.165) is 44.7 Å². The third-order valence-corrected chi connectivity index (χ3v) is 5.03. The van der Waals surface area contributed by atoms with Crippen molar-refractivity contribution in [3.63, 3.8) is 0 Å². The Morgan fingerprint density at radius 2 is 2.00 bits per heavy atom. The van der Waals surface area contributed by atoms with Gasteiger partial charge in [0.25, 0.3) is 0 Å². The Bertz CT molecular complexity index is 511. The number of rotatable bonds is 3. The van der Waals surface area contributed by atoms with E-state index in [1.165, 1.54) is 31.4 Å². The van der Waals surface area contributed by atoms with Gasteiger partial charge >= 0.3 is 0 Å². The zero-order valence-corrected chi connectivity index (χ0v) is 13.6. The van der Waals surface area contributed by atoms with Crippen molar-refractivity contribution in [2.75, 3.05) is 31.1 Å². The summed E-state index contributed by atoms with van der Waals surface area (Å²) < 4.78 is 0. The second-order valence-electron chi connectivity index (χ2n) is 6.73. The molecule has 2 heterocycles. The Morgan fingerprint density at radius 3 is 2.77 bits per heavy atom. The van der Waals surface area contributed by atoms with E-state index in [1.807, 2.05) is 13.1 Å². The molecule has 1 aliphatic carbocycles. The van der Waals surface area contributed by atoms with Gasteiger partial charge in [0.2, 0.25) is 5.91 Å². The molecule has 22 heavy (non-hydrogen) atoms. The van der Waals surface area contributed by atoms with Crippen molar-refractivity contribution in [1.82, 2.24) is 9.88 Å². The van der Waals surface area contributed by atoms with Gasteiger partial charge in [0.1, 0.15) is 0 Å². The van der Waals surface area contributed by atoms with Crippen LogP contribution >= 0.6 is 0 Å². The fraction of sp³-hybridized carbons (Fsp3) is 0.667. The van der Waals surface area contributed by atoms with E-state index in [2.05, 4.69) is 26.9 Å². The topological polar surface area (TPSA) is 36.4 Å². The number of carbonyl (C=O) groups excluding carboxylic acids is 1.